The third kappa shape index (κ3) is 4.34. The summed E-state index contributed by atoms with van der Waals surface area (Å²) in [6.45, 7) is 10.9. The fourth-order valence-electron chi connectivity index (χ4n) is 5.42. The number of fused-ring (bicyclic) bond motifs is 2. The Morgan fingerprint density at radius 3 is 1.91 bits per heavy atom. The summed E-state index contributed by atoms with van der Waals surface area (Å²) in [7, 11) is -0.590. The predicted octanol–water partition coefficient (Wildman–Crippen LogP) is 8.14. The Balaban J connectivity index is 1.74. The first-order valence-corrected chi connectivity index (χ1v) is 15.0. The molecule has 1 N–H and O–H groups in total. The van der Waals surface area contributed by atoms with Gasteiger partial charge in [-0.15, -0.1) is 4.72 Å². The molecule has 4 heteroatoms. The van der Waals surface area contributed by atoms with Crippen molar-refractivity contribution in [3.8, 4) is 0 Å². The molecule has 35 heavy (non-hydrogen) atoms. The third-order valence-corrected chi connectivity index (χ3v) is 12.0. The molecule has 180 valence electrons. The standard InChI is InChI=1S/C31H34NOPS/c1-22-28(25-19-13-8-14-20-25)34-21-31(22,5)26(23-15-9-6-10-16-23)29(34)27(24-17-11-7-12-18-24)32-35(33)30(2,3)4/h6-20,27,32H,21H2,1-5H3/t27-,31-,34+,35?/m1/s1. The minimum atomic E-state index is -1.21. The van der Waals surface area contributed by atoms with Crippen molar-refractivity contribution in [2.24, 2.45) is 5.41 Å². The molecule has 5 rings (SSSR count). The van der Waals surface area contributed by atoms with Crippen LogP contribution in [-0.2, 0) is 11.4 Å². The molecule has 2 heterocycles. The van der Waals surface area contributed by atoms with Gasteiger partial charge in [0.2, 0.25) is 0 Å². The van der Waals surface area contributed by atoms with E-state index in [1.807, 2.05) is 20.8 Å². The lowest BCUT2D eigenvalue weighted by Crippen LogP contribution is -2.41. The minimum absolute atomic E-state index is 0.0362. The molecule has 2 nitrogen and oxygen atoms in total. The molecular weight excluding hydrogens is 465 g/mol. The molecular formula is C31H34NOPS. The largest absolute Gasteiger partial charge is 0.598 e. The summed E-state index contributed by atoms with van der Waals surface area (Å²) in [5.74, 6) is 0. The second-order valence-electron chi connectivity index (χ2n) is 10.7. The molecule has 2 bridgehead atoms. The van der Waals surface area contributed by atoms with Crippen LogP contribution in [0.3, 0.4) is 0 Å². The summed E-state index contributed by atoms with van der Waals surface area (Å²) in [4.78, 5) is 0. The van der Waals surface area contributed by atoms with E-state index in [-0.39, 0.29) is 16.2 Å². The van der Waals surface area contributed by atoms with Gasteiger partial charge in [0, 0.05) is 16.8 Å². The summed E-state index contributed by atoms with van der Waals surface area (Å²) in [6, 6.07) is 32.2. The van der Waals surface area contributed by atoms with Crippen LogP contribution in [0.1, 0.15) is 57.4 Å². The van der Waals surface area contributed by atoms with Gasteiger partial charge < -0.3 is 4.55 Å². The highest BCUT2D eigenvalue weighted by Crippen LogP contribution is 2.79. The van der Waals surface area contributed by atoms with Gasteiger partial charge in [-0.05, 0) is 74.7 Å². The quantitative estimate of drug-likeness (QED) is 0.274. The lowest BCUT2D eigenvalue weighted by molar-refractivity contribution is 0.536. The van der Waals surface area contributed by atoms with Gasteiger partial charge in [-0.1, -0.05) is 103 Å². The van der Waals surface area contributed by atoms with Crippen LogP contribution in [0.15, 0.2) is 102 Å². The van der Waals surface area contributed by atoms with Crippen molar-refractivity contribution >= 4 is 30.2 Å². The van der Waals surface area contributed by atoms with Crippen molar-refractivity contribution < 1.29 is 4.55 Å². The van der Waals surface area contributed by atoms with Gasteiger partial charge in [-0.3, -0.25) is 0 Å². The van der Waals surface area contributed by atoms with Crippen LogP contribution in [0.5, 0.6) is 0 Å². The number of benzene rings is 3. The summed E-state index contributed by atoms with van der Waals surface area (Å²) in [6.07, 6.45) is 1.12. The average Bonchev–Trinajstić information content (AvgIpc) is 3.30. The van der Waals surface area contributed by atoms with Gasteiger partial charge in [0.05, 0.1) is 0 Å². The minimum Gasteiger partial charge on any atom is -0.598 e. The highest BCUT2D eigenvalue weighted by molar-refractivity contribution is 7.90. The smallest absolute Gasteiger partial charge is 0.136 e. The molecule has 2 aliphatic heterocycles. The number of hydrogen-bond acceptors (Lipinski definition) is 2. The van der Waals surface area contributed by atoms with Crippen molar-refractivity contribution in [2.45, 2.75) is 45.4 Å². The molecule has 0 saturated carbocycles. The maximum absolute atomic E-state index is 13.5. The van der Waals surface area contributed by atoms with Crippen LogP contribution in [0.4, 0.5) is 0 Å². The molecule has 3 aromatic carbocycles. The van der Waals surface area contributed by atoms with Gasteiger partial charge in [0.15, 0.2) is 0 Å². The molecule has 3 aromatic rings. The van der Waals surface area contributed by atoms with Crippen LogP contribution in [0.2, 0.25) is 0 Å². The van der Waals surface area contributed by atoms with Gasteiger partial charge in [-0.25, -0.2) is 0 Å². The van der Waals surface area contributed by atoms with Crippen LogP contribution in [0, 0.1) is 5.41 Å². The molecule has 0 radical (unpaired) electrons. The van der Waals surface area contributed by atoms with E-state index >= 15 is 0 Å². The van der Waals surface area contributed by atoms with Gasteiger partial charge in [0.25, 0.3) is 0 Å². The first kappa shape index (κ1) is 24.5. The second kappa shape index (κ2) is 9.37. The number of allylic oxidation sites excluding steroid dienone is 2. The molecule has 0 fully saturated rings. The van der Waals surface area contributed by atoms with Gasteiger partial charge in [-0.2, -0.15) is 0 Å². The lowest BCUT2D eigenvalue weighted by Gasteiger charge is -2.35. The van der Waals surface area contributed by atoms with Crippen LogP contribution in [0.25, 0.3) is 10.9 Å². The monoisotopic (exact) mass is 499 g/mol. The summed E-state index contributed by atoms with van der Waals surface area (Å²) in [5.41, 5.74) is 6.66. The van der Waals surface area contributed by atoms with E-state index in [0.717, 1.165) is 6.16 Å². The summed E-state index contributed by atoms with van der Waals surface area (Å²) >= 11 is -1.21. The van der Waals surface area contributed by atoms with E-state index in [4.69, 9.17) is 0 Å². The molecule has 0 aromatic heterocycles. The number of rotatable bonds is 6. The van der Waals surface area contributed by atoms with Crippen molar-refractivity contribution in [1.82, 2.24) is 4.72 Å². The molecule has 2 aliphatic rings. The van der Waals surface area contributed by atoms with E-state index in [0.29, 0.717) is 0 Å². The normalized spacial score (nSPS) is 23.7. The van der Waals surface area contributed by atoms with Gasteiger partial charge in [0.1, 0.15) is 10.8 Å². The van der Waals surface area contributed by atoms with Crippen molar-refractivity contribution in [3.63, 3.8) is 0 Å². The predicted molar refractivity (Wildman–Crippen MR) is 153 cm³/mol. The maximum Gasteiger partial charge on any atom is 0.136 e. The van der Waals surface area contributed by atoms with Crippen LogP contribution >= 0.6 is 7.92 Å². The summed E-state index contributed by atoms with van der Waals surface area (Å²) < 4.78 is 16.8. The lowest BCUT2D eigenvalue weighted by atomic mass is 9.73. The van der Waals surface area contributed by atoms with E-state index < -0.39 is 19.3 Å². The van der Waals surface area contributed by atoms with E-state index in [2.05, 4.69) is 110 Å². The Morgan fingerprint density at radius 1 is 0.857 bits per heavy atom. The van der Waals surface area contributed by atoms with Gasteiger partial charge >= 0.3 is 0 Å². The Morgan fingerprint density at radius 2 is 1.37 bits per heavy atom. The maximum atomic E-state index is 13.5. The highest BCUT2D eigenvalue weighted by atomic mass is 32.2. The third-order valence-electron chi connectivity index (χ3n) is 7.32. The molecule has 4 atom stereocenters. The van der Waals surface area contributed by atoms with E-state index in [1.165, 1.54) is 38.5 Å². The fraction of sp³-hybridized carbons (Fsp3) is 0.290. The van der Waals surface area contributed by atoms with Crippen LogP contribution in [-0.4, -0.2) is 15.5 Å². The topological polar surface area (TPSA) is 35.1 Å². The molecule has 0 aliphatic carbocycles. The zero-order chi connectivity index (χ0) is 24.8. The summed E-state index contributed by atoms with van der Waals surface area (Å²) in [5, 5.41) is 2.93. The van der Waals surface area contributed by atoms with E-state index in [1.54, 1.807) is 0 Å². The first-order chi connectivity index (χ1) is 16.7. The SMILES string of the molecule is CC1=C(c2ccccc2)[P@]2C[C@@]1(C)C(c1ccccc1)=C2[C@H](N[S+]([O-])C(C)(C)C)c1ccccc1. The molecule has 1 unspecified atom stereocenters. The fourth-order valence-corrected chi connectivity index (χ4v) is 10.2. The molecule has 0 spiro atoms. The molecule has 0 amide bonds. The number of hydrogen-bond donors (Lipinski definition) is 1. The van der Waals surface area contributed by atoms with Crippen LogP contribution < -0.4 is 4.72 Å². The average molecular weight is 500 g/mol. The van der Waals surface area contributed by atoms with Crippen molar-refractivity contribution in [3.05, 3.63) is 119 Å². The zero-order valence-electron chi connectivity index (χ0n) is 21.2. The van der Waals surface area contributed by atoms with Crippen molar-refractivity contribution in [2.75, 3.05) is 6.16 Å². The Bertz CT molecular complexity index is 1260. The zero-order valence-corrected chi connectivity index (χ0v) is 22.9. The Hall–Kier alpha value is -2.16. The first-order valence-electron chi connectivity index (χ1n) is 12.3. The van der Waals surface area contributed by atoms with Crippen molar-refractivity contribution in [1.29, 1.82) is 0 Å². The molecule has 0 saturated heterocycles. The Labute approximate surface area is 214 Å². The number of nitrogens with one attached hydrogen (secondary N) is 1. The second-order valence-corrected chi connectivity index (χ2v) is 14.8. The Kier molecular flexibility index (Phi) is 6.57. The van der Waals surface area contributed by atoms with E-state index in [9.17, 15) is 4.55 Å². The highest BCUT2D eigenvalue weighted by Gasteiger charge is 2.54.